The third kappa shape index (κ3) is 5.12. The third-order valence-corrected chi connectivity index (χ3v) is 7.20. The summed E-state index contributed by atoms with van der Waals surface area (Å²) in [5.41, 5.74) is 1.25. The van der Waals surface area contributed by atoms with Crippen molar-refractivity contribution in [1.82, 2.24) is 14.5 Å². The SMILES string of the molecule is C[C@@H](NS(=O)(=O)c1ccc2ccccc2c1)C(=O)N1CCN(Cc2ccccc2)CC1. The van der Waals surface area contributed by atoms with Crippen molar-refractivity contribution in [2.45, 2.75) is 24.4 Å². The standard InChI is InChI=1S/C24H27N3O3S/c1-19(25-31(29,30)23-12-11-21-9-5-6-10-22(21)17-23)24(28)27-15-13-26(14-16-27)18-20-7-3-2-4-8-20/h2-12,17,19,25H,13-16,18H2,1H3/t19-/m1/s1. The van der Waals surface area contributed by atoms with Crippen LogP contribution in [0.3, 0.4) is 0 Å². The molecule has 0 radical (unpaired) electrons. The van der Waals surface area contributed by atoms with Crippen molar-refractivity contribution in [3.63, 3.8) is 0 Å². The maximum atomic E-state index is 12.9. The molecular formula is C24H27N3O3S. The topological polar surface area (TPSA) is 69.7 Å². The Labute approximate surface area is 183 Å². The van der Waals surface area contributed by atoms with Crippen molar-refractivity contribution in [3.8, 4) is 0 Å². The molecule has 0 bridgehead atoms. The molecule has 0 unspecified atom stereocenters. The van der Waals surface area contributed by atoms with Crippen molar-refractivity contribution >= 4 is 26.7 Å². The molecular weight excluding hydrogens is 410 g/mol. The monoisotopic (exact) mass is 437 g/mol. The lowest BCUT2D eigenvalue weighted by Gasteiger charge is -2.36. The van der Waals surface area contributed by atoms with Crippen LogP contribution in [-0.2, 0) is 21.4 Å². The number of benzene rings is 3. The first-order valence-electron chi connectivity index (χ1n) is 10.5. The number of fused-ring (bicyclic) bond motifs is 1. The summed E-state index contributed by atoms with van der Waals surface area (Å²) < 4.78 is 28.2. The van der Waals surface area contributed by atoms with Gasteiger partial charge in [0.25, 0.3) is 0 Å². The van der Waals surface area contributed by atoms with Crippen LogP contribution in [0.2, 0.25) is 0 Å². The van der Waals surface area contributed by atoms with E-state index >= 15 is 0 Å². The molecule has 6 nitrogen and oxygen atoms in total. The number of hydrogen-bond donors (Lipinski definition) is 1. The van der Waals surface area contributed by atoms with Gasteiger partial charge in [-0.25, -0.2) is 8.42 Å². The fraction of sp³-hybridized carbons (Fsp3) is 0.292. The zero-order valence-corrected chi connectivity index (χ0v) is 18.4. The molecule has 1 aliphatic rings. The van der Waals surface area contributed by atoms with E-state index in [-0.39, 0.29) is 10.8 Å². The zero-order chi connectivity index (χ0) is 21.8. The second-order valence-electron chi connectivity index (χ2n) is 7.94. The summed E-state index contributed by atoms with van der Waals surface area (Å²) in [6.45, 7) is 5.18. The molecule has 1 fully saturated rings. The van der Waals surface area contributed by atoms with E-state index in [1.165, 1.54) is 5.56 Å². The lowest BCUT2D eigenvalue weighted by molar-refractivity contribution is -0.134. The van der Waals surface area contributed by atoms with E-state index in [1.54, 1.807) is 30.0 Å². The summed E-state index contributed by atoms with van der Waals surface area (Å²) in [7, 11) is -3.79. The summed E-state index contributed by atoms with van der Waals surface area (Å²) in [6, 6.07) is 22.0. The van der Waals surface area contributed by atoms with Gasteiger partial charge in [-0.05, 0) is 35.4 Å². The Balaban J connectivity index is 1.35. The number of nitrogens with one attached hydrogen (secondary N) is 1. The molecule has 1 aliphatic heterocycles. The number of carbonyl (C=O) groups is 1. The van der Waals surface area contributed by atoms with Crippen molar-refractivity contribution in [2.75, 3.05) is 26.2 Å². The van der Waals surface area contributed by atoms with E-state index < -0.39 is 16.1 Å². The maximum absolute atomic E-state index is 12.9. The largest absolute Gasteiger partial charge is 0.339 e. The van der Waals surface area contributed by atoms with Crippen molar-refractivity contribution in [3.05, 3.63) is 78.4 Å². The highest BCUT2D eigenvalue weighted by Crippen LogP contribution is 2.19. The molecule has 3 aromatic rings. The molecule has 0 aromatic heterocycles. The molecule has 1 saturated heterocycles. The van der Waals surface area contributed by atoms with Gasteiger partial charge in [-0.1, -0.05) is 60.7 Å². The minimum Gasteiger partial charge on any atom is -0.339 e. The van der Waals surface area contributed by atoms with Crippen LogP contribution < -0.4 is 4.72 Å². The summed E-state index contributed by atoms with van der Waals surface area (Å²) >= 11 is 0. The highest BCUT2D eigenvalue weighted by Gasteiger charge is 2.28. The van der Waals surface area contributed by atoms with Crippen LogP contribution in [0.1, 0.15) is 12.5 Å². The minimum absolute atomic E-state index is 0.165. The molecule has 0 spiro atoms. The first-order chi connectivity index (χ1) is 14.9. The van der Waals surface area contributed by atoms with Gasteiger partial charge < -0.3 is 4.90 Å². The Bertz CT molecular complexity index is 1160. The van der Waals surface area contributed by atoms with E-state index in [4.69, 9.17) is 0 Å². The fourth-order valence-electron chi connectivity index (χ4n) is 3.93. The van der Waals surface area contributed by atoms with Gasteiger partial charge in [-0.15, -0.1) is 0 Å². The predicted molar refractivity (Wildman–Crippen MR) is 122 cm³/mol. The molecule has 0 aliphatic carbocycles. The number of sulfonamides is 1. The molecule has 7 heteroatoms. The Morgan fingerprint density at radius 3 is 2.26 bits per heavy atom. The smallest absolute Gasteiger partial charge is 0.241 e. The van der Waals surface area contributed by atoms with Gasteiger partial charge in [-0.2, -0.15) is 4.72 Å². The van der Waals surface area contributed by atoms with E-state index in [1.807, 2.05) is 42.5 Å². The number of nitrogens with zero attached hydrogens (tertiary/aromatic N) is 2. The zero-order valence-electron chi connectivity index (χ0n) is 17.6. The number of piperazine rings is 1. The molecule has 3 aromatic carbocycles. The number of rotatable bonds is 6. The molecule has 31 heavy (non-hydrogen) atoms. The highest BCUT2D eigenvalue weighted by atomic mass is 32.2. The summed E-state index contributed by atoms with van der Waals surface area (Å²) in [5.74, 6) is -0.191. The van der Waals surface area contributed by atoms with Crippen LogP contribution in [0, 0.1) is 0 Å². The number of carbonyl (C=O) groups excluding carboxylic acids is 1. The van der Waals surface area contributed by atoms with E-state index in [2.05, 4.69) is 21.8 Å². The molecule has 1 atom stereocenters. The summed E-state index contributed by atoms with van der Waals surface area (Å²) in [4.78, 5) is 17.1. The van der Waals surface area contributed by atoms with Crippen LogP contribution >= 0.6 is 0 Å². The second-order valence-corrected chi connectivity index (χ2v) is 9.65. The van der Waals surface area contributed by atoms with Crippen LogP contribution in [0.5, 0.6) is 0 Å². The first-order valence-corrected chi connectivity index (χ1v) is 12.0. The van der Waals surface area contributed by atoms with Gasteiger partial charge in [0.05, 0.1) is 10.9 Å². The highest BCUT2D eigenvalue weighted by molar-refractivity contribution is 7.89. The maximum Gasteiger partial charge on any atom is 0.241 e. The molecule has 1 N–H and O–H groups in total. The van der Waals surface area contributed by atoms with Gasteiger partial charge in [0.15, 0.2) is 0 Å². The van der Waals surface area contributed by atoms with Crippen LogP contribution in [0.15, 0.2) is 77.7 Å². The van der Waals surface area contributed by atoms with E-state index in [0.717, 1.165) is 30.4 Å². The Morgan fingerprint density at radius 2 is 1.55 bits per heavy atom. The average molecular weight is 438 g/mol. The quantitative estimate of drug-likeness (QED) is 0.644. The number of hydrogen-bond acceptors (Lipinski definition) is 4. The van der Waals surface area contributed by atoms with Crippen LogP contribution in [0.25, 0.3) is 10.8 Å². The average Bonchev–Trinajstić information content (AvgIpc) is 2.79. The molecule has 4 rings (SSSR count). The minimum atomic E-state index is -3.79. The molecule has 1 heterocycles. The Morgan fingerprint density at radius 1 is 0.903 bits per heavy atom. The molecule has 1 amide bonds. The van der Waals surface area contributed by atoms with Gasteiger partial charge >= 0.3 is 0 Å². The lowest BCUT2D eigenvalue weighted by Crippen LogP contribution is -2.53. The van der Waals surface area contributed by atoms with Crippen molar-refractivity contribution in [1.29, 1.82) is 0 Å². The van der Waals surface area contributed by atoms with Crippen LogP contribution in [-0.4, -0.2) is 56.3 Å². The van der Waals surface area contributed by atoms with Crippen molar-refractivity contribution in [2.24, 2.45) is 0 Å². The third-order valence-electron chi connectivity index (χ3n) is 5.67. The molecule has 0 saturated carbocycles. The van der Waals surface area contributed by atoms with E-state index in [9.17, 15) is 13.2 Å². The van der Waals surface area contributed by atoms with Gasteiger partial charge in [-0.3, -0.25) is 9.69 Å². The normalized spacial score (nSPS) is 16.4. The molecule has 162 valence electrons. The van der Waals surface area contributed by atoms with Crippen molar-refractivity contribution < 1.29 is 13.2 Å². The van der Waals surface area contributed by atoms with Gasteiger partial charge in [0, 0.05) is 32.7 Å². The summed E-state index contributed by atoms with van der Waals surface area (Å²) in [6.07, 6.45) is 0. The van der Waals surface area contributed by atoms with E-state index in [0.29, 0.717) is 13.1 Å². The second kappa shape index (κ2) is 9.18. The number of amides is 1. The lowest BCUT2D eigenvalue weighted by atomic mass is 10.1. The summed E-state index contributed by atoms with van der Waals surface area (Å²) in [5, 5.41) is 1.82. The fourth-order valence-corrected chi connectivity index (χ4v) is 5.16. The van der Waals surface area contributed by atoms with Crippen LogP contribution in [0.4, 0.5) is 0 Å². The Hall–Kier alpha value is -2.74. The van der Waals surface area contributed by atoms with Gasteiger partial charge in [0.1, 0.15) is 0 Å². The predicted octanol–water partition coefficient (Wildman–Crippen LogP) is 2.85. The van der Waals surface area contributed by atoms with Gasteiger partial charge in [0.2, 0.25) is 15.9 Å². The Kier molecular flexibility index (Phi) is 6.36. The first kappa shape index (κ1) is 21.5.